The number of rotatable bonds is 8. The van der Waals surface area contributed by atoms with Gasteiger partial charge in [-0.3, -0.25) is 0 Å². The van der Waals surface area contributed by atoms with Crippen molar-refractivity contribution < 1.29 is 13.2 Å². The zero-order valence-corrected chi connectivity index (χ0v) is 14.6. The second-order valence-corrected chi connectivity index (χ2v) is 7.64. The van der Waals surface area contributed by atoms with Gasteiger partial charge >= 0.3 is 6.03 Å². The smallest absolute Gasteiger partial charge is 0.323 e. The second kappa shape index (κ2) is 8.26. The van der Waals surface area contributed by atoms with E-state index in [1.807, 2.05) is 20.8 Å². The van der Waals surface area contributed by atoms with Crippen LogP contribution in [0.25, 0.3) is 0 Å². The van der Waals surface area contributed by atoms with Crippen molar-refractivity contribution in [2.45, 2.75) is 52.1 Å². The SMILES string of the molecule is CCCCCN(CC)C(=O)n1cnc(S(=O)(=O)CC(C)C)n1. The van der Waals surface area contributed by atoms with E-state index in [0.717, 1.165) is 23.9 Å². The van der Waals surface area contributed by atoms with Crippen LogP contribution in [0.15, 0.2) is 11.5 Å². The standard InChI is InChI=1S/C14H26N4O3S/c1-5-7-8-9-17(6-2)14(19)18-11-15-13(16-18)22(20,21)10-12(3)4/h11-12H,5-10H2,1-4H3. The molecule has 8 heteroatoms. The average Bonchev–Trinajstić information content (AvgIpc) is 2.92. The molecule has 0 aromatic carbocycles. The van der Waals surface area contributed by atoms with E-state index in [1.54, 1.807) is 4.90 Å². The minimum atomic E-state index is -3.54. The van der Waals surface area contributed by atoms with Crippen LogP contribution < -0.4 is 0 Å². The van der Waals surface area contributed by atoms with Gasteiger partial charge < -0.3 is 4.90 Å². The molecule has 0 aliphatic heterocycles. The van der Waals surface area contributed by atoms with Crippen LogP contribution in [0.1, 0.15) is 47.0 Å². The minimum absolute atomic E-state index is 0.0196. The molecule has 0 atom stereocenters. The number of amides is 1. The molecule has 0 fully saturated rings. The molecule has 1 rings (SSSR count). The average molecular weight is 330 g/mol. The van der Waals surface area contributed by atoms with Crippen molar-refractivity contribution in [3.05, 3.63) is 6.33 Å². The molecule has 1 heterocycles. The quantitative estimate of drug-likeness (QED) is 0.682. The number of hydrogen-bond acceptors (Lipinski definition) is 5. The molecular weight excluding hydrogens is 304 g/mol. The van der Waals surface area contributed by atoms with Gasteiger partial charge in [-0.25, -0.2) is 18.2 Å². The van der Waals surface area contributed by atoms with Crippen molar-refractivity contribution in [3.63, 3.8) is 0 Å². The van der Waals surface area contributed by atoms with Crippen LogP contribution >= 0.6 is 0 Å². The highest BCUT2D eigenvalue weighted by atomic mass is 32.2. The van der Waals surface area contributed by atoms with Crippen molar-refractivity contribution in [3.8, 4) is 0 Å². The molecule has 0 unspecified atom stereocenters. The van der Waals surface area contributed by atoms with Crippen molar-refractivity contribution in [2.24, 2.45) is 5.92 Å². The first-order valence-electron chi connectivity index (χ1n) is 7.75. The summed E-state index contributed by atoms with van der Waals surface area (Å²) < 4.78 is 25.1. The maximum absolute atomic E-state index is 12.3. The fourth-order valence-electron chi connectivity index (χ4n) is 2.08. The number of aromatic nitrogens is 3. The van der Waals surface area contributed by atoms with Crippen molar-refractivity contribution >= 4 is 15.9 Å². The molecule has 1 amide bonds. The minimum Gasteiger partial charge on any atom is -0.323 e. The number of hydrogen-bond donors (Lipinski definition) is 0. The number of carbonyl (C=O) groups excluding carboxylic acids is 1. The summed E-state index contributed by atoms with van der Waals surface area (Å²) in [6.45, 7) is 8.80. The Morgan fingerprint density at radius 3 is 2.55 bits per heavy atom. The van der Waals surface area contributed by atoms with Crippen LogP contribution in [0.2, 0.25) is 0 Å². The zero-order chi connectivity index (χ0) is 16.8. The van der Waals surface area contributed by atoms with Gasteiger partial charge in [-0.05, 0) is 19.3 Å². The van der Waals surface area contributed by atoms with Gasteiger partial charge in [0.05, 0.1) is 5.75 Å². The summed E-state index contributed by atoms with van der Waals surface area (Å²) >= 11 is 0. The molecule has 1 aromatic rings. The molecule has 0 spiro atoms. The summed E-state index contributed by atoms with van der Waals surface area (Å²) in [5, 5.41) is 3.58. The molecule has 1 aromatic heterocycles. The third-order valence-corrected chi connectivity index (χ3v) is 5.03. The Hall–Kier alpha value is -1.44. The number of unbranched alkanes of at least 4 members (excludes halogenated alkanes) is 2. The van der Waals surface area contributed by atoms with Gasteiger partial charge in [0.25, 0.3) is 5.16 Å². The normalized spacial score (nSPS) is 11.9. The predicted molar refractivity (Wildman–Crippen MR) is 84.5 cm³/mol. The summed E-state index contributed by atoms with van der Waals surface area (Å²) in [5.74, 6) is -0.0482. The van der Waals surface area contributed by atoms with Gasteiger partial charge in [0.2, 0.25) is 9.84 Å². The van der Waals surface area contributed by atoms with Crippen LogP contribution in [0.5, 0.6) is 0 Å². The van der Waals surface area contributed by atoms with Gasteiger partial charge in [0.15, 0.2) is 0 Å². The van der Waals surface area contributed by atoms with Crippen LogP contribution in [0.4, 0.5) is 4.79 Å². The largest absolute Gasteiger partial charge is 0.346 e. The van der Waals surface area contributed by atoms with E-state index in [-0.39, 0.29) is 22.9 Å². The Morgan fingerprint density at radius 2 is 2.00 bits per heavy atom. The lowest BCUT2D eigenvalue weighted by atomic mass is 10.2. The third-order valence-electron chi connectivity index (χ3n) is 3.18. The van der Waals surface area contributed by atoms with Gasteiger partial charge in [-0.2, -0.15) is 4.68 Å². The topological polar surface area (TPSA) is 85.2 Å². The number of carbonyl (C=O) groups is 1. The van der Waals surface area contributed by atoms with Crippen LogP contribution in [-0.2, 0) is 9.84 Å². The Bertz CT molecular complexity index is 581. The van der Waals surface area contributed by atoms with Gasteiger partial charge in [0, 0.05) is 13.1 Å². The highest BCUT2D eigenvalue weighted by Crippen LogP contribution is 2.09. The molecule has 0 saturated carbocycles. The van der Waals surface area contributed by atoms with Crippen molar-refractivity contribution in [1.29, 1.82) is 0 Å². The zero-order valence-electron chi connectivity index (χ0n) is 13.8. The summed E-state index contributed by atoms with van der Waals surface area (Å²) in [6.07, 6.45) is 4.23. The molecule has 0 bridgehead atoms. The van der Waals surface area contributed by atoms with Gasteiger partial charge in [0.1, 0.15) is 6.33 Å². The lowest BCUT2D eigenvalue weighted by molar-refractivity contribution is 0.197. The molecule has 0 aliphatic rings. The first-order valence-corrected chi connectivity index (χ1v) is 9.40. The summed E-state index contributed by atoms with van der Waals surface area (Å²) in [4.78, 5) is 17.8. The Morgan fingerprint density at radius 1 is 1.32 bits per heavy atom. The maximum Gasteiger partial charge on any atom is 0.346 e. The lowest BCUT2D eigenvalue weighted by Crippen LogP contribution is -2.35. The maximum atomic E-state index is 12.3. The first-order chi connectivity index (χ1) is 10.3. The van der Waals surface area contributed by atoms with E-state index in [4.69, 9.17) is 0 Å². The molecule has 126 valence electrons. The van der Waals surface area contributed by atoms with E-state index in [1.165, 1.54) is 6.33 Å². The van der Waals surface area contributed by atoms with E-state index in [2.05, 4.69) is 17.0 Å². The van der Waals surface area contributed by atoms with E-state index < -0.39 is 9.84 Å². The fraction of sp³-hybridized carbons (Fsp3) is 0.786. The molecule has 0 aliphatic carbocycles. The fourth-order valence-corrected chi connectivity index (χ4v) is 3.53. The molecule has 22 heavy (non-hydrogen) atoms. The van der Waals surface area contributed by atoms with Gasteiger partial charge in [-0.15, -0.1) is 5.10 Å². The number of nitrogens with zero attached hydrogens (tertiary/aromatic N) is 4. The van der Waals surface area contributed by atoms with Crippen molar-refractivity contribution in [1.82, 2.24) is 19.7 Å². The molecule has 7 nitrogen and oxygen atoms in total. The monoisotopic (exact) mass is 330 g/mol. The summed E-state index contributed by atoms with van der Waals surface area (Å²) in [5.41, 5.74) is 0. The molecule has 0 radical (unpaired) electrons. The Kier molecular flexibility index (Phi) is 6.99. The highest BCUT2D eigenvalue weighted by molar-refractivity contribution is 7.91. The summed E-state index contributed by atoms with van der Waals surface area (Å²) in [6, 6.07) is -0.336. The van der Waals surface area contributed by atoms with E-state index in [9.17, 15) is 13.2 Å². The predicted octanol–water partition coefficient (Wildman–Crippen LogP) is 2.19. The lowest BCUT2D eigenvalue weighted by Gasteiger charge is -2.19. The molecular formula is C14H26N4O3S. The first kappa shape index (κ1) is 18.6. The molecule has 0 N–H and O–H groups in total. The highest BCUT2D eigenvalue weighted by Gasteiger charge is 2.23. The Balaban J connectivity index is 2.83. The summed E-state index contributed by atoms with van der Waals surface area (Å²) in [7, 11) is -3.54. The third kappa shape index (κ3) is 5.08. The van der Waals surface area contributed by atoms with E-state index in [0.29, 0.717) is 13.1 Å². The van der Waals surface area contributed by atoms with Crippen LogP contribution in [0.3, 0.4) is 0 Å². The second-order valence-electron chi connectivity index (χ2n) is 5.72. The Labute approximate surface area is 132 Å². The van der Waals surface area contributed by atoms with Gasteiger partial charge in [-0.1, -0.05) is 33.6 Å². The van der Waals surface area contributed by atoms with Crippen LogP contribution in [-0.4, -0.2) is 53.0 Å². The van der Waals surface area contributed by atoms with Crippen LogP contribution in [0, 0.1) is 5.92 Å². The van der Waals surface area contributed by atoms with Crippen molar-refractivity contribution in [2.75, 3.05) is 18.8 Å². The number of sulfone groups is 1. The van der Waals surface area contributed by atoms with E-state index >= 15 is 0 Å². The molecule has 0 saturated heterocycles.